The minimum absolute atomic E-state index is 0.0200. The summed E-state index contributed by atoms with van der Waals surface area (Å²) in [5, 5.41) is 23.1. The highest BCUT2D eigenvalue weighted by Crippen LogP contribution is 2.20. The first-order valence-corrected chi connectivity index (χ1v) is 39.3. The van der Waals surface area contributed by atoms with Gasteiger partial charge in [-0.05, 0) is 64.2 Å². The van der Waals surface area contributed by atoms with Gasteiger partial charge in [0.25, 0.3) is 0 Å². The molecule has 6 heteroatoms. The van der Waals surface area contributed by atoms with Crippen LogP contribution in [0.4, 0.5) is 0 Å². The molecule has 0 aromatic carbocycles. The highest BCUT2D eigenvalue weighted by molar-refractivity contribution is 5.76. The Hall–Kier alpha value is -1.92. The molecular formula is C80H153NO5. The lowest BCUT2D eigenvalue weighted by atomic mass is 10.0. The molecule has 2 unspecified atom stereocenters. The number of allylic oxidation sites excluding steroid dienone is 5. The first-order valence-electron chi connectivity index (χ1n) is 39.3. The van der Waals surface area contributed by atoms with Gasteiger partial charge in [0.2, 0.25) is 5.91 Å². The number of carbonyl (C=O) groups is 2. The van der Waals surface area contributed by atoms with E-state index < -0.39 is 12.1 Å². The van der Waals surface area contributed by atoms with Gasteiger partial charge in [0.1, 0.15) is 0 Å². The Morgan fingerprint density at radius 2 is 0.581 bits per heavy atom. The van der Waals surface area contributed by atoms with Crippen molar-refractivity contribution >= 4 is 11.9 Å². The molecule has 2 atom stereocenters. The second kappa shape index (κ2) is 75.5. The van der Waals surface area contributed by atoms with E-state index in [1.54, 1.807) is 6.08 Å². The Labute approximate surface area is 538 Å². The fraction of sp³-hybridized carbons (Fsp3) is 0.900. The van der Waals surface area contributed by atoms with Crippen molar-refractivity contribution in [2.75, 3.05) is 13.2 Å². The lowest BCUT2D eigenvalue weighted by molar-refractivity contribution is -0.143. The van der Waals surface area contributed by atoms with Crippen LogP contribution in [-0.2, 0) is 14.3 Å². The van der Waals surface area contributed by atoms with Gasteiger partial charge in [-0.3, -0.25) is 9.59 Å². The average Bonchev–Trinajstić information content (AvgIpc) is 3.54. The van der Waals surface area contributed by atoms with Crippen LogP contribution in [0.1, 0.15) is 438 Å². The standard InChI is InChI=1S/C80H153NO5/c1-3-5-7-9-11-13-15-17-18-19-39-43-46-50-54-58-62-66-70-74-80(85)86-75-71-67-63-59-55-51-47-44-41-38-36-34-32-30-28-26-24-22-20-21-23-25-27-29-31-33-35-37-40-42-45-49-53-57-61-65-69-73-79(84)81-77(76-82)78(83)72-68-64-60-56-52-48-16-14-12-10-8-6-4-2/h11,13,17-18,68,72,77-78,82-83H,3-10,12,14-16,19-67,69-71,73-76H2,1-2H3,(H,81,84)/b13-11-,18-17-,72-68+. The molecule has 0 aromatic rings. The molecular weight excluding hydrogens is 1050 g/mol. The molecule has 0 spiro atoms. The summed E-state index contributed by atoms with van der Waals surface area (Å²) in [6, 6.07) is -0.623. The summed E-state index contributed by atoms with van der Waals surface area (Å²) in [4.78, 5) is 24.6. The minimum Gasteiger partial charge on any atom is -0.466 e. The van der Waals surface area contributed by atoms with E-state index in [1.165, 1.54) is 366 Å². The summed E-state index contributed by atoms with van der Waals surface area (Å²) in [5.74, 6) is -0.0404. The number of amides is 1. The van der Waals surface area contributed by atoms with Crippen LogP contribution in [0, 0.1) is 0 Å². The number of hydrogen-bond acceptors (Lipinski definition) is 5. The fourth-order valence-corrected chi connectivity index (χ4v) is 12.4. The van der Waals surface area contributed by atoms with E-state index in [0.717, 1.165) is 44.9 Å². The molecule has 0 saturated carbocycles. The minimum atomic E-state index is -0.839. The summed E-state index contributed by atoms with van der Waals surface area (Å²) in [6.45, 7) is 4.91. The SMILES string of the molecule is CCCCC/C=C\C/C=C\CCCCCCCCCCCC(=O)OCCCCCCCCCCCCCCCCCCCCCCCCCCCCCCCCCCCCCCCC(=O)NC(CO)C(O)/C=C/CCCCCCCCCCCCC. The predicted molar refractivity (Wildman–Crippen MR) is 379 cm³/mol. The third kappa shape index (κ3) is 71.2. The van der Waals surface area contributed by atoms with Crippen molar-refractivity contribution in [3.63, 3.8) is 0 Å². The van der Waals surface area contributed by atoms with Gasteiger partial charge in [-0.1, -0.05) is 397 Å². The number of esters is 1. The molecule has 6 nitrogen and oxygen atoms in total. The predicted octanol–water partition coefficient (Wildman–Crippen LogP) is 25.8. The number of aliphatic hydroxyl groups excluding tert-OH is 2. The first-order chi connectivity index (χ1) is 42.5. The Kier molecular flexibility index (Phi) is 73.9. The van der Waals surface area contributed by atoms with Crippen molar-refractivity contribution in [2.24, 2.45) is 0 Å². The van der Waals surface area contributed by atoms with Crippen LogP contribution in [0.25, 0.3) is 0 Å². The summed E-state index contributed by atoms with van der Waals surface area (Å²) in [5.41, 5.74) is 0. The third-order valence-electron chi connectivity index (χ3n) is 18.4. The molecule has 0 rings (SSSR count). The molecule has 0 aromatic heterocycles. The molecule has 0 aliphatic carbocycles. The molecule has 1 amide bonds. The van der Waals surface area contributed by atoms with E-state index in [0.29, 0.717) is 19.4 Å². The maximum atomic E-state index is 12.5. The number of hydrogen-bond donors (Lipinski definition) is 3. The molecule has 0 radical (unpaired) electrons. The molecule has 0 bridgehead atoms. The highest BCUT2D eigenvalue weighted by Gasteiger charge is 2.18. The van der Waals surface area contributed by atoms with E-state index in [-0.39, 0.29) is 18.5 Å². The number of unbranched alkanes of at least 4 members (excludes halogenated alkanes) is 59. The van der Waals surface area contributed by atoms with E-state index in [2.05, 4.69) is 43.5 Å². The van der Waals surface area contributed by atoms with Crippen LogP contribution in [-0.4, -0.2) is 47.4 Å². The van der Waals surface area contributed by atoms with Crippen LogP contribution in [0.5, 0.6) is 0 Å². The maximum absolute atomic E-state index is 12.5. The lowest BCUT2D eigenvalue weighted by Crippen LogP contribution is -2.45. The van der Waals surface area contributed by atoms with Crippen LogP contribution >= 0.6 is 0 Å². The van der Waals surface area contributed by atoms with E-state index in [1.807, 2.05) is 6.08 Å². The van der Waals surface area contributed by atoms with Crippen molar-refractivity contribution in [1.29, 1.82) is 0 Å². The zero-order chi connectivity index (χ0) is 62.0. The molecule has 3 N–H and O–H groups in total. The summed E-state index contributed by atoms with van der Waals surface area (Å²) < 4.78 is 5.52. The topological polar surface area (TPSA) is 95.9 Å². The van der Waals surface area contributed by atoms with Crippen molar-refractivity contribution in [3.8, 4) is 0 Å². The lowest BCUT2D eigenvalue weighted by Gasteiger charge is -2.20. The van der Waals surface area contributed by atoms with Crippen LogP contribution in [0.3, 0.4) is 0 Å². The zero-order valence-corrected chi connectivity index (χ0v) is 58.3. The van der Waals surface area contributed by atoms with E-state index >= 15 is 0 Å². The molecule has 0 aliphatic rings. The maximum Gasteiger partial charge on any atom is 0.305 e. The summed E-state index contributed by atoms with van der Waals surface area (Å²) >= 11 is 0. The van der Waals surface area contributed by atoms with Gasteiger partial charge in [-0.2, -0.15) is 0 Å². The van der Waals surface area contributed by atoms with Crippen molar-refractivity contribution in [1.82, 2.24) is 5.32 Å². The van der Waals surface area contributed by atoms with E-state index in [9.17, 15) is 19.8 Å². The van der Waals surface area contributed by atoms with Gasteiger partial charge in [0.15, 0.2) is 0 Å². The molecule has 0 heterocycles. The van der Waals surface area contributed by atoms with Crippen LogP contribution in [0.2, 0.25) is 0 Å². The van der Waals surface area contributed by atoms with E-state index in [4.69, 9.17) is 4.74 Å². The van der Waals surface area contributed by atoms with Gasteiger partial charge in [-0.15, -0.1) is 0 Å². The van der Waals surface area contributed by atoms with Gasteiger partial charge in [0, 0.05) is 12.8 Å². The van der Waals surface area contributed by atoms with Crippen LogP contribution < -0.4 is 5.32 Å². The molecule has 0 saturated heterocycles. The second-order valence-electron chi connectivity index (χ2n) is 27.0. The monoisotopic (exact) mass is 1210 g/mol. The molecule has 508 valence electrons. The van der Waals surface area contributed by atoms with Crippen LogP contribution in [0.15, 0.2) is 36.5 Å². The number of ether oxygens (including phenoxy) is 1. The average molecular weight is 1210 g/mol. The largest absolute Gasteiger partial charge is 0.466 e. The zero-order valence-electron chi connectivity index (χ0n) is 58.3. The number of aliphatic hydroxyl groups is 2. The fourth-order valence-electron chi connectivity index (χ4n) is 12.4. The Balaban J connectivity index is 3.29. The number of rotatable bonds is 74. The van der Waals surface area contributed by atoms with Gasteiger partial charge >= 0.3 is 5.97 Å². The Morgan fingerprint density at radius 3 is 0.907 bits per heavy atom. The van der Waals surface area contributed by atoms with Gasteiger partial charge < -0.3 is 20.3 Å². The van der Waals surface area contributed by atoms with Gasteiger partial charge in [-0.25, -0.2) is 0 Å². The third-order valence-corrected chi connectivity index (χ3v) is 18.4. The molecule has 86 heavy (non-hydrogen) atoms. The highest BCUT2D eigenvalue weighted by atomic mass is 16.5. The summed E-state index contributed by atoms with van der Waals surface area (Å²) in [6.07, 6.45) is 98.5. The van der Waals surface area contributed by atoms with Crippen molar-refractivity contribution < 1.29 is 24.5 Å². The number of carbonyl (C=O) groups excluding carboxylic acids is 2. The number of nitrogens with one attached hydrogen (secondary N) is 1. The first kappa shape index (κ1) is 84.1. The smallest absolute Gasteiger partial charge is 0.305 e. The molecule has 0 fully saturated rings. The van der Waals surface area contributed by atoms with Crippen molar-refractivity contribution in [2.45, 2.75) is 450 Å². The Morgan fingerprint density at radius 1 is 0.326 bits per heavy atom. The van der Waals surface area contributed by atoms with Crippen molar-refractivity contribution in [3.05, 3.63) is 36.5 Å². The molecule has 0 aliphatic heterocycles. The Bertz CT molecular complexity index is 1390. The second-order valence-corrected chi connectivity index (χ2v) is 27.0. The normalized spacial score (nSPS) is 12.7. The van der Waals surface area contributed by atoms with Gasteiger partial charge in [0.05, 0.1) is 25.4 Å². The quantitative estimate of drug-likeness (QED) is 0.0320. The summed E-state index contributed by atoms with van der Waals surface area (Å²) in [7, 11) is 0.